The van der Waals surface area contributed by atoms with Crippen molar-refractivity contribution in [1.82, 2.24) is 0 Å². The van der Waals surface area contributed by atoms with Crippen LogP contribution < -0.4 is 4.90 Å². The fourth-order valence-corrected chi connectivity index (χ4v) is 9.96. The zero-order valence-corrected chi connectivity index (χ0v) is 32.5. The van der Waals surface area contributed by atoms with Crippen LogP contribution in [0.15, 0.2) is 224 Å². The van der Waals surface area contributed by atoms with Crippen LogP contribution in [-0.2, 0) is 0 Å². The maximum Gasteiger partial charge on any atom is 0.0640 e. The molecule has 0 radical (unpaired) electrons. The molecule has 0 fully saturated rings. The molecule has 0 unspecified atom stereocenters. The molecule has 0 aliphatic carbocycles. The number of anilines is 3. The van der Waals surface area contributed by atoms with Crippen LogP contribution in [0.2, 0.25) is 0 Å². The zero-order valence-electron chi connectivity index (χ0n) is 31.7. The van der Waals surface area contributed by atoms with E-state index in [1.54, 1.807) is 0 Å². The standard InChI is InChI=1S/C56H37NS/c1-4-15-38(16-5-1)39-27-29-40(30-28-39)41-31-33-44(34-32-41)57(52-25-14-24-50-48-22-12-13-26-53(48)58-56(50)52)45-35-36-47-46-21-10-11-23-49(46)54(42-17-6-2-7-18-42)55(51(47)37-45)43-19-8-3-9-20-43/h1-37H. The molecular weight excluding hydrogens is 719 g/mol. The Labute approximate surface area is 342 Å². The summed E-state index contributed by atoms with van der Waals surface area (Å²) in [7, 11) is 0. The second-order valence-corrected chi connectivity index (χ2v) is 15.9. The van der Waals surface area contributed by atoms with Gasteiger partial charge >= 0.3 is 0 Å². The van der Waals surface area contributed by atoms with Crippen molar-refractivity contribution in [3.8, 4) is 44.5 Å². The summed E-state index contributed by atoms with van der Waals surface area (Å²) < 4.78 is 2.57. The van der Waals surface area contributed by atoms with Crippen LogP contribution in [0.5, 0.6) is 0 Å². The van der Waals surface area contributed by atoms with E-state index in [1.165, 1.54) is 91.9 Å². The third kappa shape index (κ3) is 5.86. The molecule has 1 heterocycles. The van der Waals surface area contributed by atoms with E-state index in [2.05, 4.69) is 229 Å². The lowest BCUT2D eigenvalue weighted by Crippen LogP contribution is -2.10. The molecule has 0 aliphatic heterocycles. The van der Waals surface area contributed by atoms with Crippen molar-refractivity contribution in [3.63, 3.8) is 0 Å². The monoisotopic (exact) mass is 755 g/mol. The SMILES string of the molecule is c1ccc(-c2ccc(-c3ccc(N(c4ccc5c(c4)c(-c4ccccc4)c(-c4ccccc4)c4ccccc45)c4cccc5c4sc4ccccc45)cc3)cc2)cc1. The smallest absolute Gasteiger partial charge is 0.0640 e. The van der Waals surface area contributed by atoms with E-state index in [1.807, 2.05) is 11.3 Å². The molecule has 11 rings (SSSR count). The third-order valence-corrected chi connectivity index (χ3v) is 12.7. The number of nitrogens with zero attached hydrogens (tertiary/aromatic N) is 1. The van der Waals surface area contributed by atoms with Crippen LogP contribution in [0.3, 0.4) is 0 Å². The summed E-state index contributed by atoms with van der Waals surface area (Å²) in [5, 5.41) is 7.55. The Morgan fingerprint density at radius 2 is 0.724 bits per heavy atom. The van der Waals surface area contributed by atoms with Gasteiger partial charge in [0.2, 0.25) is 0 Å². The minimum Gasteiger partial charge on any atom is -0.309 e. The highest BCUT2D eigenvalue weighted by molar-refractivity contribution is 7.26. The highest BCUT2D eigenvalue weighted by Gasteiger charge is 2.22. The van der Waals surface area contributed by atoms with Gasteiger partial charge in [-0.15, -0.1) is 11.3 Å². The quantitative estimate of drug-likeness (QED) is 0.146. The van der Waals surface area contributed by atoms with Crippen molar-refractivity contribution in [1.29, 1.82) is 0 Å². The molecule has 272 valence electrons. The van der Waals surface area contributed by atoms with Gasteiger partial charge in [0.1, 0.15) is 0 Å². The fourth-order valence-electron chi connectivity index (χ4n) is 8.75. The Balaban J connectivity index is 1.14. The second-order valence-electron chi connectivity index (χ2n) is 14.8. The molecule has 0 atom stereocenters. The number of benzene rings is 10. The molecule has 0 spiro atoms. The number of rotatable bonds is 7. The van der Waals surface area contributed by atoms with E-state index in [9.17, 15) is 0 Å². The number of hydrogen-bond acceptors (Lipinski definition) is 2. The lowest BCUT2D eigenvalue weighted by atomic mass is 9.85. The maximum absolute atomic E-state index is 2.46. The van der Waals surface area contributed by atoms with Crippen LogP contribution in [0, 0.1) is 0 Å². The predicted molar refractivity (Wildman–Crippen MR) is 251 cm³/mol. The van der Waals surface area contributed by atoms with Crippen molar-refractivity contribution in [2.24, 2.45) is 0 Å². The van der Waals surface area contributed by atoms with E-state index >= 15 is 0 Å². The Bertz CT molecular complexity index is 3240. The van der Waals surface area contributed by atoms with E-state index in [0.717, 1.165) is 11.4 Å². The van der Waals surface area contributed by atoms with Gasteiger partial charge in [-0.05, 0) is 102 Å². The molecule has 10 aromatic carbocycles. The summed E-state index contributed by atoms with van der Waals surface area (Å²) in [6.45, 7) is 0. The summed E-state index contributed by atoms with van der Waals surface area (Å²) in [6.07, 6.45) is 0. The van der Waals surface area contributed by atoms with E-state index in [4.69, 9.17) is 0 Å². The molecule has 0 bridgehead atoms. The first-order chi connectivity index (χ1) is 28.8. The van der Waals surface area contributed by atoms with Gasteiger partial charge in [-0.3, -0.25) is 0 Å². The van der Waals surface area contributed by atoms with Crippen molar-refractivity contribution in [2.75, 3.05) is 4.90 Å². The van der Waals surface area contributed by atoms with Gasteiger partial charge in [0.25, 0.3) is 0 Å². The molecule has 11 aromatic rings. The van der Waals surface area contributed by atoms with Crippen molar-refractivity contribution < 1.29 is 0 Å². The number of thiophene rings is 1. The Hall–Kier alpha value is -7.26. The van der Waals surface area contributed by atoms with Crippen molar-refractivity contribution in [3.05, 3.63) is 224 Å². The molecule has 2 heteroatoms. The molecule has 0 N–H and O–H groups in total. The van der Waals surface area contributed by atoms with Gasteiger partial charge < -0.3 is 4.90 Å². The van der Waals surface area contributed by atoms with Crippen LogP contribution in [-0.4, -0.2) is 0 Å². The molecule has 0 aliphatic rings. The van der Waals surface area contributed by atoms with E-state index in [0.29, 0.717) is 0 Å². The summed E-state index contributed by atoms with van der Waals surface area (Å²) >= 11 is 1.87. The van der Waals surface area contributed by atoms with Gasteiger partial charge in [-0.1, -0.05) is 188 Å². The summed E-state index contributed by atoms with van der Waals surface area (Å²) in [4.78, 5) is 2.46. The normalized spacial score (nSPS) is 11.4. The highest BCUT2D eigenvalue weighted by Crippen LogP contribution is 2.49. The van der Waals surface area contributed by atoms with Gasteiger partial charge in [-0.2, -0.15) is 0 Å². The van der Waals surface area contributed by atoms with E-state index < -0.39 is 0 Å². The summed E-state index contributed by atoms with van der Waals surface area (Å²) in [5.41, 5.74) is 13.1. The molecule has 1 nitrogen and oxygen atoms in total. The maximum atomic E-state index is 2.46. The second kappa shape index (κ2) is 14.4. The highest BCUT2D eigenvalue weighted by atomic mass is 32.1. The summed E-state index contributed by atoms with van der Waals surface area (Å²) in [6, 6.07) is 81.9. The molecule has 1 aromatic heterocycles. The van der Waals surface area contributed by atoms with Gasteiger partial charge in [0, 0.05) is 26.8 Å². The topological polar surface area (TPSA) is 3.24 Å². The molecule has 0 saturated carbocycles. The van der Waals surface area contributed by atoms with Gasteiger partial charge in [0.15, 0.2) is 0 Å². The van der Waals surface area contributed by atoms with Crippen LogP contribution in [0.25, 0.3) is 86.2 Å². The molecule has 58 heavy (non-hydrogen) atoms. The Morgan fingerprint density at radius 1 is 0.276 bits per heavy atom. The predicted octanol–water partition coefficient (Wildman–Crippen LogP) is 16.5. The summed E-state index contributed by atoms with van der Waals surface area (Å²) in [5.74, 6) is 0. The van der Waals surface area contributed by atoms with E-state index in [-0.39, 0.29) is 0 Å². The van der Waals surface area contributed by atoms with Crippen molar-refractivity contribution >= 4 is 70.1 Å². The minimum absolute atomic E-state index is 1.11. The first-order valence-corrected chi connectivity index (χ1v) is 20.7. The Morgan fingerprint density at radius 3 is 1.36 bits per heavy atom. The van der Waals surface area contributed by atoms with Crippen molar-refractivity contribution in [2.45, 2.75) is 0 Å². The van der Waals surface area contributed by atoms with Gasteiger partial charge in [0.05, 0.1) is 10.4 Å². The minimum atomic E-state index is 1.11. The average molecular weight is 756 g/mol. The largest absolute Gasteiger partial charge is 0.309 e. The first kappa shape index (κ1) is 34.0. The molecule has 0 amide bonds. The lowest BCUT2D eigenvalue weighted by molar-refractivity contribution is 1.31. The Kier molecular flexibility index (Phi) is 8.42. The fraction of sp³-hybridized carbons (Fsp3) is 0. The zero-order chi connectivity index (χ0) is 38.4. The average Bonchev–Trinajstić information content (AvgIpc) is 3.69. The third-order valence-electron chi connectivity index (χ3n) is 11.5. The van der Waals surface area contributed by atoms with Crippen LogP contribution in [0.4, 0.5) is 17.1 Å². The molecule has 0 saturated heterocycles. The van der Waals surface area contributed by atoms with Crippen LogP contribution >= 0.6 is 11.3 Å². The molecular formula is C56H37NS. The first-order valence-electron chi connectivity index (χ1n) is 19.8. The number of fused-ring (bicyclic) bond motifs is 6. The van der Waals surface area contributed by atoms with Crippen LogP contribution in [0.1, 0.15) is 0 Å². The van der Waals surface area contributed by atoms with Gasteiger partial charge in [-0.25, -0.2) is 0 Å². The lowest BCUT2D eigenvalue weighted by Gasteiger charge is -2.27. The number of hydrogen-bond donors (Lipinski definition) is 0.